The van der Waals surface area contributed by atoms with Gasteiger partial charge < -0.3 is 62.5 Å². The Labute approximate surface area is 844 Å². The van der Waals surface area contributed by atoms with Crippen LogP contribution in [0.1, 0.15) is 55.8 Å². The van der Waals surface area contributed by atoms with Crippen LogP contribution in [-0.2, 0) is 80.4 Å². The molecule has 0 aliphatic carbocycles. The summed E-state index contributed by atoms with van der Waals surface area (Å²) < 4.78 is 67.7. The van der Waals surface area contributed by atoms with Crippen molar-refractivity contribution in [2.75, 3.05) is 0 Å². The van der Waals surface area contributed by atoms with Gasteiger partial charge in [0.05, 0.1) is 16.7 Å². The molecule has 16 aromatic heterocycles. The number of pyridine rings is 12. The van der Waals surface area contributed by atoms with Crippen molar-refractivity contribution >= 4 is 88.3 Å². The van der Waals surface area contributed by atoms with Crippen LogP contribution < -0.4 is 0 Å². The molecule has 4 radical (unpaired) electrons. The second-order valence-electron chi connectivity index (χ2n) is 30.0. The van der Waals surface area contributed by atoms with E-state index < -0.39 is 13.7 Å². The van der Waals surface area contributed by atoms with Crippen molar-refractivity contribution in [1.29, 1.82) is 0 Å². The van der Waals surface area contributed by atoms with Gasteiger partial charge in [0.25, 0.3) is 0 Å². The van der Waals surface area contributed by atoms with Crippen molar-refractivity contribution in [2.45, 2.75) is 47.3 Å². The molecule has 0 aliphatic rings. The van der Waals surface area contributed by atoms with Crippen molar-refractivity contribution in [2.24, 2.45) is 0 Å². The molecule has 0 N–H and O–H groups in total. The van der Waals surface area contributed by atoms with E-state index in [1.807, 2.05) is 293 Å². The molecule has 670 valence electrons. The molecule has 24 rings (SSSR count). The maximum Gasteiger partial charge on any atom is 0.216 e. The van der Waals surface area contributed by atoms with Crippen LogP contribution in [-0.4, -0.2) is 59.8 Å². The minimum Gasteiger partial charge on any atom is -0.486 e. The van der Waals surface area contributed by atoms with E-state index in [2.05, 4.69) is 141 Å². The first-order valence-electron chi connectivity index (χ1n) is 45.0. The zero-order chi connectivity index (χ0) is 94.5. The number of fused-ring (bicyclic) bond motifs is 12. The number of nitrogens with zero attached hydrogens (tertiary/aromatic N) is 12. The number of aryl methyl sites for hydroxylation is 4. The van der Waals surface area contributed by atoms with Gasteiger partial charge in [0.15, 0.2) is 0 Å². The SMILES string of the molecule is CC(C)c1ccnc(-c2[c-]ccc3c2oc2ncccc23)c1.Cc1ccc(-c2[c-]cccc2)nc1.Cc1ccnc(-c2[c-]nc3oc4ccccc4c3c2)c1.[2H]C([2H])([2H])c1cnc(-c2[c-]cccc2)cc1C([2H])([2H])[2H].[Ir].[Ir].[Ir].[Ir].[c-]1cc2oc3ncccc3c2cc1-c1ccccn1.[c-]1cc2oc3ncccc3c2cc1-c1ccccn1.[c-]1ccccc1-c1ccccn1.[c-]1ccccc1-c1ccccn1. The number of furan rings is 4. The van der Waals surface area contributed by atoms with Crippen LogP contribution in [0.15, 0.2) is 401 Å². The van der Waals surface area contributed by atoms with E-state index in [1.165, 1.54) is 22.8 Å². The van der Waals surface area contributed by atoms with Crippen molar-refractivity contribution in [3.8, 4) is 90.1 Å². The third-order valence-corrected chi connectivity index (χ3v) is 20.6. The number of hydrogen-bond donors (Lipinski definition) is 0. The number of hydrogen-bond acceptors (Lipinski definition) is 16. The predicted octanol–water partition coefficient (Wildman–Crippen LogP) is 27.9. The van der Waals surface area contributed by atoms with Crippen LogP contribution in [0.4, 0.5) is 0 Å². The molecule has 0 aliphatic heterocycles. The van der Waals surface area contributed by atoms with Crippen molar-refractivity contribution in [3.05, 3.63) is 460 Å². The normalized spacial score (nSPS) is 11.3. The predicted molar refractivity (Wildman–Crippen MR) is 521 cm³/mol. The Morgan fingerprint density at radius 1 is 0.267 bits per heavy atom. The van der Waals surface area contributed by atoms with Crippen LogP contribution in [0.25, 0.3) is 178 Å². The Morgan fingerprint density at radius 3 is 1.19 bits per heavy atom. The molecule has 0 fully saturated rings. The Morgan fingerprint density at radius 2 is 0.696 bits per heavy atom. The summed E-state index contributed by atoms with van der Waals surface area (Å²) in [5, 5.41) is 8.26. The smallest absolute Gasteiger partial charge is 0.216 e. The molecule has 0 bridgehead atoms. The fourth-order valence-electron chi connectivity index (χ4n) is 14.0. The second-order valence-corrected chi connectivity index (χ2v) is 30.0. The molecule has 24 aromatic rings. The van der Waals surface area contributed by atoms with Gasteiger partial charge in [0, 0.05) is 178 Å². The number of aromatic nitrogens is 12. The average molecular weight is 2470 g/mol. The van der Waals surface area contributed by atoms with Crippen LogP contribution in [0.2, 0.25) is 0 Å². The van der Waals surface area contributed by atoms with E-state index >= 15 is 0 Å². The minimum atomic E-state index is -2.50. The van der Waals surface area contributed by atoms with E-state index in [9.17, 15) is 0 Å². The van der Waals surface area contributed by atoms with Crippen molar-refractivity contribution in [1.82, 2.24) is 59.8 Å². The molecular weight excluding hydrogens is 2380 g/mol. The van der Waals surface area contributed by atoms with Crippen molar-refractivity contribution < 1.29 is 106 Å². The number of para-hydroxylation sites is 1. The van der Waals surface area contributed by atoms with Crippen molar-refractivity contribution in [3.63, 3.8) is 0 Å². The maximum absolute atomic E-state index is 7.50. The maximum atomic E-state index is 7.50. The van der Waals surface area contributed by atoms with E-state index in [4.69, 9.17) is 25.9 Å². The number of rotatable bonds is 9. The fourth-order valence-corrected chi connectivity index (χ4v) is 14.0. The van der Waals surface area contributed by atoms with Crippen LogP contribution >= 0.6 is 0 Å². The molecule has 135 heavy (non-hydrogen) atoms. The van der Waals surface area contributed by atoms with Gasteiger partial charge in [-0.05, 0) is 181 Å². The Bertz CT molecular complexity index is 7840. The van der Waals surface area contributed by atoms with E-state index in [0.29, 0.717) is 40.0 Å². The van der Waals surface area contributed by atoms with Gasteiger partial charge in [0.1, 0.15) is 11.3 Å². The largest absolute Gasteiger partial charge is 0.486 e. The van der Waals surface area contributed by atoms with Crippen LogP contribution in [0.5, 0.6) is 0 Å². The van der Waals surface area contributed by atoms with Gasteiger partial charge in [-0.25, -0.2) is 15.0 Å². The first-order valence-corrected chi connectivity index (χ1v) is 42.0. The van der Waals surface area contributed by atoms with Gasteiger partial charge >= 0.3 is 0 Å². The third kappa shape index (κ3) is 24.8. The second kappa shape index (κ2) is 48.1. The summed E-state index contributed by atoms with van der Waals surface area (Å²) in [7, 11) is 0. The monoisotopic (exact) mass is 2470 g/mol. The molecule has 0 atom stereocenters. The van der Waals surface area contributed by atoms with E-state index in [1.54, 1.807) is 73.8 Å². The molecule has 0 unspecified atom stereocenters. The van der Waals surface area contributed by atoms with E-state index in [0.717, 1.165) is 150 Å². The summed E-state index contributed by atoms with van der Waals surface area (Å²) in [6.07, 6.45) is 22.0. The zero-order valence-corrected chi connectivity index (χ0v) is 82.4. The molecule has 16 nitrogen and oxygen atoms in total. The van der Waals surface area contributed by atoms with Gasteiger partial charge in [0.2, 0.25) is 17.1 Å². The summed E-state index contributed by atoms with van der Waals surface area (Å²) in [6.45, 7) is 3.42. The Hall–Kier alpha value is -14.6. The molecule has 20 heteroatoms. The molecule has 0 saturated heterocycles. The first kappa shape index (κ1) is 89.6. The Kier molecular flexibility index (Phi) is 31.9. The van der Waals surface area contributed by atoms with Gasteiger partial charge in [-0.1, -0.05) is 149 Å². The molecule has 0 spiro atoms. The summed E-state index contributed by atoms with van der Waals surface area (Å²) in [4.78, 5) is 51.4. The van der Waals surface area contributed by atoms with Crippen LogP contribution in [0.3, 0.4) is 0 Å². The van der Waals surface area contributed by atoms with Gasteiger partial charge in [-0.2, -0.15) is 0 Å². The average Bonchev–Trinajstić information content (AvgIpc) is 1.54. The number of benzene rings is 8. The molecule has 0 amide bonds. The Balaban J connectivity index is 0.000000136. The minimum absolute atomic E-state index is 0. The summed E-state index contributed by atoms with van der Waals surface area (Å²) in [5.74, 6) is 0.457. The third-order valence-electron chi connectivity index (χ3n) is 20.6. The molecule has 0 saturated carbocycles. The zero-order valence-electron chi connectivity index (χ0n) is 78.8. The summed E-state index contributed by atoms with van der Waals surface area (Å²) in [5.41, 5.74) is 23.3. The summed E-state index contributed by atoms with van der Waals surface area (Å²) in [6, 6.07) is 123. The standard InChI is InChI=1S/C19H15N2O.C17H11N2O.2C16H9N2O.C13H12N.C12H10N.2C11H8N.4Ir/c1-12(2)13-8-10-20-17(11-13)16-6-3-5-14-15-7-4-9-21-19(15)22-18(14)16;1-11-6-7-18-15(8-11)12-9-14-13-4-2-3-5-16(13)20-17(14)19-10-12;2*1-2-8-17-14(5-1)11-6-7-15-13(10-11)12-4-3-9-18-16(12)19-15;1-10-8-13(14-9-11(10)2)12-6-4-3-5-7-12;1-10-7-8-12(13-9-10)11-5-3-2-4-6-11;2*1-2-6-10(7-3-1)11-8-4-5-9-12-11;;;;/h3-5,7-12H,1-2H3;2-9H,1H3;2*1-5,7-10H;3-6,8-9H,1-2H3;2-5,7-9H,1H3;2*1-6,8-9H;;;;/q8*-1;;;;/i;;;;1D3,2D3;;;;;;;. The summed E-state index contributed by atoms with van der Waals surface area (Å²) >= 11 is 0. The van der Waals surface area contributed by atoms with Gasteiger partial charge in [-0.3, -0.25) is 0 Å². The van der Waals surface area contributed by atoms with Gasteiger partial charge in [-0.15, -0.1) is 221 Å². The fraction of sp³-hybridized carbons (Fsp3) is 0.0609. The molecule has 8 aromatic carbocycles. The first-order chi connectivity index (χ1) is 66.9. The quantitative estimate of drug-likeness (QED) is 0.123. The van der Waals surface area contributed by atoms with Crippen LogP contribution in [0, 0.1) is 76.2 Å². The molecular formula is C115H82Ir4N12O4-8. The van der Waals surface area contributed by atoms with E-state index in [-0.39, 0.29) is 91.5 Å². The molecule has 16 heterocycles. The topological polar surface area (TPSA) is 207 Å².